The average molecular weight is 250 g/mol. The van der Waals surface area contributed by atoms with Gasteiger partial charge in [-0.15, -0.1) is 0 Å². The Morgan fingerprint density at radius 1 is 1.29 bits per heavy atom. The Morgan fingerprint density at radius 3 is 2.41 bits per heavy atom. The van der Waals surface area contributed by atoms with Crippen molar-refractivity contribution in [2.45, 2.75) is 20.8 Å². The number of thiocarbonyl (C=S) groups is 1. The minimum atomic E-state index is -0.175. The molecule has 1 aromatic carbocycles. The molecule has 1 rings (SSSR count). The van der Waals surface area contributed by atoms with Gasteiger partial charge in [-0.3, -0.25) is 10.1 Å². The van der Waals surface area contributed by atoms with E-state index in [1.807, 2.05) is 19.1 Å². The predicted molar refractivity (Wildman–Crippen MR) is 74.1 cm³/mol. The fraction of sp³-hybridized carbons (Fsp3) is 0.385. The molecule has 2 N–H and O–H groups in total. The first kappa shape index (κ1) is 13.6. The highest BCUT2D eigenvalue weighted by molar-refractivity contribution is 7.80. The number of hydrogen-bond donors (Lipinski definition) is 2. The third kappa shape index (κ3) is 4.95. The van der Waals surface area contributed by atoms with Gasteiger partial charge < -0.3 is 5.32 Å². The zero-order valence-electron chi connectivity index (χ0n) is 10.4. The van der Waals surface area contributed by atoms with Gasteiger partial charge >= 0.3 is 0 Å². The van der Waals surface area contributed by atoms with Crippen LogP contribution in [0.4, 0.5) is 0 Å². The maximum Gasteiger partial charge on any atom is 0.257 e. The standard InChI is InChI=1S/C13H18N2OS/c1-9(2)8-14-13(17)15-12(16)11-6-4-10(3)5-7-11/h4-7,9H,8H2,1-3H3,(H2,14,15,16,17). The van der Waals surface area contributed by atoms with Crippen LogP contribution in [0.1, 0.15) is 29.8 Å². The highest BCUT2D eigenvalue weighted by atomic mass is 32.1. The molecule has 3 nitrogen and oxygen atoms in total. The molecule has 0 fully saturated rings. The molecule has 0 saturated carbocycles. The minimum Gasteiger partial charge on any atom is -0.362 e. The van der Waals surface area contributed by atoms with Gasteiger partial charge in [-0.1, -0.05) is 31.5 Å². The number of carbonyl (C=O) groups excluding carboxylic acids is 1. The molecular formula is C13H18N2OS. The number of carbonyl (C=O) groups is 1. The number of hydrogen-bond acceptors (Lipinski definition) is 2. The van der Waals surface area contributed by atoms with E-state index in [0.29, 0.717) is 16.6 Å². The van der Waals surface area contributed by atoms with Crippen LogP contribution < -0.4 is 10.6 Å². The Balaban J connectivity index is 2.49. The molecule has 4 heteroatoms. The lowest BCUT2D eigenvalue weighted by Gasteiger charge is -2.11. The summed E-state index contributed by atoms with van der Waals surface area (Å²) in [6.45, 7) is 6.90. The van der Waals surface area contributed by atoms with Crippen molar-refractivity contribution in [3.8, 4) is 0 Å². The van der Waals surface area contributed by atoms with Gasteiger partial charge in [-0.05, 0) is 37.2 Å². The number of rotatable bonds is 3. The molecule has 0 aromatic heterocycles. The normalized spacial score (nSPS) is 10.1. The lowest BCUT2D eigenvalue weighted by atomic mass is 10.1. The van der Waals surface area contributed by atoms with Crippen LogP contribution >= 0.6 is 12.2 Å². The Bertz CT molecular complexity index is 398. The smallest absolute Gasteiger partial charge is 0.257 e. The van der Waals surface area contributed by atoms with E-state index in [-0.39, 0.29) is 5.91 Å². The van der Waals surface area contributed by atoms with Crippen LogP contribution in [0.2, 0.25) is 0 Å². The third-order valence-corrected chi connectivity index (χ3v) is 2.46. The van der Waals surface area contributed by atoms with Crippen molar-refractivity contribution in [1.29, 1.82) is 0 Å². The molecule has 0 atom stereocenters. The summed E-state index contributed by atoms with van der Waals surface area (Å²) in [4.78, 5) is 11.8. The fourth-order valence-electron chi connectivity index (χ4n) is 1.22. The molecule has 0 spiro atoms. The largest absolute Gasteiger partial charge is 0.362 e. The summed E-state index contributed by atoms with van der Waals surface area (Å²) in [5.74, 6) is 0.315. The minimum absolute atomic E-state index is 0.175. The van der Waals surface area contributed by atoms with E-state index in [0.717, 1.165) is 12.1 Å². The van der Waals surface area contributed by atoms with Gasteiger partial charge in [0, 0.05) is 12.1 Å². The van der Waals surface area contributed by atoms with Gasteiger partial charge in [0.1, 0.15) is 0 Å². The quantitative estimate of drug-likeness (QED) is 0.809. The van der Waals surface area contributed by atoms with E-state index in [4.69, 9.17) is 12.2 Å². The van der Waals surface area contributed by atoms with Crippen LogP contribution in [-0.4, -0.2) is 17.6 Å². The Kier molecular flexibility index (Phi) is 5.10. The molecule has 0 aliphatic heterocycles. The zero-order chi connectivity index (χ0) is 12.8. The van der Waals surface area contributed by atoms with E-state index in [2.05, 4.69) is 24.5 Å². The lowest BCUT2D eigenvalue weighted by molar-refractivity contribution is 0.0976. The highest BCUT2D eigenvalue weighted by Crippen LogP contribution is 2.02. The van der Waals surface area contributed by atoms with E-state index >= 15 is 0 Å². The van der Waals surface area contributed by atoms with Gasteiger partial charge in [-0.2, -0.15) is 0 Å². The molecule has 0 heterocycles. The van der Waals surface area contributed by atoms with Crippen LogP contribution in [0.25, 0.3) is 0 Å². The Hall–Kier alpha value is -1.42. The van der Waals surface area contributed by atoms with E-state index in [9.17, 15) is 4.79 Å². The van der Waals surface area contributed by atoms with Crippen LogP contribution in [0, 0.1) is 12.8 Å². The monoisotopic (exact) mass is 250 g/mol. The second-order valence-electron chi connectivity index (χ2n) is 4.42. The Morgan fingerprint density at radius 2 is 1.88 bits per heavy atom. The summed E-state index contributed by atoms with van der Waals surface area (Å²) in [7, 11) is 0. The molecule has 0 aliphatic carbocycles. The van der Waals surface area contributed by atoms with Crippen LogP contribution in [0.15, 0.2) is 24.3 Å². The van der Waals surface area contributed by atoms with Crippen molar-refractivity contribution >= 4 is 23.2 Å². The van der Waals surface area contributed by atoms with Crippen LogP contribution in [-0.2, 0) is 0 Å². The van der Waals surface area contributed by atoms with Gasteiger partial charge in [0.2, 0.25) is 0 Å². The molecule has 92 valence electrons. The maximum absolute atomic E-state index is 11.8. The molecule has 0 aliphatic rings. The predicted octanol–water partition coefficient (Wildman–Crippen LogP) is 2.26. The first-order valence-electron chi connectivity index (χ1n) is 5.65. The van der Waals surface area contributed by atoms with E-state index in [1.165, 1.54) is 0 Å². The first-order chi connectivity index (χ1) is 7.99. The van der Waals surface area contributed by atoms with Crippen molar-refractivity contribution in [2.75, 3.05) is 6.54 Å². The van der Waals surface area contributed by atoms with Crippen LogP contribution in [0.5, 0.6) is 0 Å². The number of aryl methyl sites for hydroxylation is 1. The van der Waals surface area contributed by atoms with Crippen molar-refractivity contribution in [3.63, 3.8) is 0 Å². The van der Waals surface area contributed by atoms with Gasteiger partial charge in [-0.25, -0.2) is 0 Å². The SMILES string of the molecule is Cc1ccc(C(=O)NC(=S)NCC(C)C)cc1. The average Bonchev–Trinajstić information content (AvgIpc) is 2.27. The van der Waals surface area contributed by atoms with Gasteiger partial charge in [0.05, 0.1) is 0 Å². The Labute approximate surface area is 108 Å². The molecule has 17 heavy (non-hydrogen) atoms. The molecule has 0 bridgehead atoms. The van der Waals surface area contributed by atoms with Gasteiger partial charge in [0.25, 0.3) is 5.91 Å². The van der Waals surface area contributed by atoms with Crippen LogP contribution in [0.3, 0.4) is 0 Å². The molecule has 1 amide bonds. The molecule has 0 radical (unpaired) electrons. The second kappa shape index (κ2) is 6.35. The highest BCUT2D eigenvalue weighted by Gasteiger charge is 2.07. The first-order valence-corrected chi connectivity index (χ1v) is 6.05. The summed E-state index contributed by atoms with van der Waals surface area (Å²) in [5.41, 5.74) is 1.74. The van der Waals surface area contributed by atoms with Gasteiger partial charge in [0.15, 0.2) is 5.11 Å². The van der Waals surface area contributed by atoms with Crippen molar-refractivity contribution in [2.24, 2.45) is 5.92 Å². The number of benzene rings is 1. The van der Waals surface area contributed by atoms with Crippen molar-refractivity contribution in [1.82, 2.24) is 10.6 Å². The molecule has 0 unspecified atom stereocenters. The lowest BCUT2D eigenvalue weighted by Crippen LogP contribution is -2.40. The van der Waals surface area contributed by atoms with Crippen molar-refractivity contribution in [3.05, 3.63) is 35.4 Å². The number of nitrogens with one attached hydrogen (secondary N) is 2. The molecule has 1 aromatic rings. The fourth-order valence-corrected chi connectivity index (χ4v) is 1.40. The number of amides is 1. The van der Waals surface area contributed by atoms with Crippen molar-refractivity contribution < 1.29 is 4.79 Å². The summed E-state index contributed by atoms with van der Waals surface area (Å²) < 4.78 is 0. The zero-order valence-corrected chi connectivity index (χ0v) is 11.2. The third-order valence-electron chi connectivity index (χ3n) is 2.21. The second-order valence-corrected chi connectivity index (χ2v) is 4.83. The van der Waals surface area contributed by atoms with E-state index in [1.54, 1.807) is 12.1 Å². The maximum atomic E-state index is 11.8. The summed E-state index contributed by atoms with van der Waals surface area (Å²) in [6, 6.07) is 7.38. The summed E-state index contributed by atoms with van der Waals surface area (Å²) in [5, 5.41) is 6.03. The molecular weight excluding hydrogens is 232 g/mol. The summed E-state index contributed by atoms with van der Waals surface area (Å²) in [6.07, 6.45) is 0. The summed E-state index contributed by atoms with van der Waals surface area (Å²) >= 11 is 5.03. The molecule has 0 saturated heterocycles. The van der Waals surface area contributed by atoms with E-state index < -0.39 is 0 Å². The topological polar surface area (TPSA) is 41.1 Å².